The molecule has 2 N–H and O–H groups in total. The van der Waals surface area contributed by atoms with E-state index in [1.807, 2.05) is 0 Å². The smallest absolute Gasteiger partial charge is 0.269 e. The van der Waals surface area contributed by atoms with E-state index in [-0.39, 0.29) is 17.1 Å². The first-order valence-corrected chi connectivity index (χ1v) is 11.9. The van der Waals surface area contributed by atoms with Crippen LogP contribution in [0.1, 0.15) is 16.8 Å². The second-order valence-corrected chi connectivity index (χ2v) is 9.25. The van der Waals surface area contributed by atoms with Crippen LogP contribution in [0.5, 0.6) is 0 Å². The summed E-state index contributed by atoms with van der Waals surface area (Å²) >= 11 is 14.8. The molecule has 11 heteroatoms. The molecular weight excluding hydrogens is 559 g/mol. The fraction of sp³-hybridized carbons (Fsp3) is 0.0833. The summed E-state index contributed by atoms with van der Waals surface area (Å²) < 4.78 is 14.5. The summed E-state index contributed by atoms with van der Waals surface area (Å²) in [5.41, 5.74) is 3.54. The highest BCUT2D eigenvalue weighted by atomic mass is 79.9. The van der Waals surface area contributed by atoms with Gasteiger partial charge in [-0.05, 0) is 78.9 Å². The highest BCUT2D eigenvalue weighted by Gasteiger charge is 2.45. The van der Waals surface area contributed by atoms with Crippen molar-refractivity contribution in [2.45, 2.75) is 12.5 Å². The van der Waals surface area contributed by atoms with E-state index in [1.165, 1.54) is 23.1 Å². The Hall–Kier alpha value is -3.34. The number of hydrazine groups is 1. The normalized spacial score (nSPS) is 15.3. The largest absolute Gasteiger partial charge is 0.326 e. The van der Waals surface area contributed by atoms with Gasteiger partial charge in [-0.2, -0.15) is 0 Å². The summed E-state index contributed by atoms with van der Waals surface area (Å²) in [4.78, 5) is 40.2. The molecule has 7 nitrogen and oxygen atoms in total. The first-order chi connectivity index (χ1) is 16.7. The van der Waals surface area contributed by atoms with Gasteiger partial charge in [0.2, 0.25) is 11.0 Å². The number of anilines is 2. The Bertz CT molecular complexity index is 1310. The van der Waals surface area contributed by atoms with Gasteiger partial charge in [-0.1, -0.05) is 33.6 Å². The van der Waals surface area contributed by atoms with Crippen molar-refractivity contribution in [2.75, 3.05) is 10.2 Å². The van der Waals surface area contributed by atoms with Gasteiger partial charge in [0.15, 0.2) is 0 Å². The van der Waals surface area contributed by atoms with Crippen molar-refractivity contribution in [2.24, 2.45) is 0 Å². The molecule has 1 fully saturated rings. The van der Waals surface area contributed by atoms with Crippen molar-refractivity contribution in [1.82, 2.24) is 10.4 Å². The molecule has 1 atom stereocenters. The lowest BCUT2D eigenvalue weighted by molar-refractivity contribution is -0.124. The zero-order chi connectivity index (χ0) is 25.1. The van der Waals surface area contributed by atoms with Gasteiger partial charge in [-0.25, -0.2) is 9.40 Å². The summed E-state index contributed by atoms with van der Waals surface area (Å²) in [5.74, 6) is -2.25. The molecule has 0 aromatic heterocycles. The predicted octanol–water partition coefficient (Wildman–Crippen LogP) is 4.92. The molecular formula is C24H17BrClFN4O3S. The lowest BCUT2D eigenvalue weighted by Crippen LogP contribution is -2.49. The minimum Gasteiger partial charge on any atom is -0.326 e. The minimum atomic E-state index is -1.13. The van der Waals surface area contributed by atoms with E-state index in [1.54, 1.807) is 48.5 Å². The molecule has 0 spiro atoms. The average Bonchev–Trinajstić information content (AvgIpc) is 3.05. The number of carbonyl (C=O) groups is 3. The number of benzene rings is 3. The second kappa shape index (κ2) is 10.5. The maximum atomic E-state index is 13.6. The van der Waals surface area contributed by atoms with Gasteiger partial charge in [-0.3, -0.25) is 24.7 Å². The van der Waals surface area contributed by atoms with Crippen LogP contribution in [0.3, 0.4) is 0 Å². The standard InChI is InChI=1S/C24H17BrClFN4O3S/c25-15-4-8-18(9-5-15)28-21(32)13-20-23(34)30(19-10-6-16(26)7-11-19)24(35)31(20)29-22(33)14-2-1-3-17(27)12-14/h1-12,20H,13H2,(H,28,32)(H,29,33). The number of nitrogens with zero attached hydrogens (tertiary/aromatic N) is 2. The van der Waals surface area contributed by atoms with Crippen LogP contribution in [0.15, 0.2) is 77.3 Å². The van der Waals surface area contributed by atoms with Crippen LogP contribution < -0.4 is 15.6 Å². The average molecular weight is 576 g/mol. The molecule has 1 aliphatic rings. The Labute approximate surface area is 218 Å². The zero-order valence-electron chi connectivity index (χ0n) is 17.9. The third kappa shape index (κ3) is 5.67. The number of halogens is 3. The first-order valence-electron chi connectivity index (χ1n) is 10.3. The Balaban J connectivity index is 1.60. The van der Waals surface area contributed by atoms with E-state index in [0.29, 0.717) is 16.4 Å². The number of hydrogen-bond acceptors (Lipinski definition) is 4. The molecule has 0 aliphatic carbocycles. The molecule has 3 amide bonds. The number of rotatable bonds is 6. The van der Waals surface area contributed by atoms with Gasteiger partial charge in [0.05, 0.1) is 12.1 Å². The van der Waals surface area contributed by atoms with Crippen LogP contribution in [0.25, 0.3) is 0 Å². The summed E-state index contributed by atoms with van der Waals surface area (Å²) in [6, 6.07) is 17.3. The van der Waals surface area contributed by atoms with Crippen LogP contribution in [-0.2, 0) is 9.59 Å². The third-order valence-corrected chi connectivity index (χ3v) is 6.27. The highest BCUT2D eigenvalue weighted by Crippen LogP contribution is 2.28. The maximum absolute atomic E-state index is 13.6. The molecule has 1 heterocycles. The molecule has 35 heavy (non-hydrogen) atoms. The molecule has 178 valence electrons. The van der Waals surface area contributed by atoms with Crippen LogP contribution in [0.4, 0.5) is 15.8 Å². The Morgan fingerprint density at radius 1 is 1.06 bits per heavy atom. The first kappa shape index (κ1) is 24.8. The molecule has 0 radical (unpaired) electrons. The fourth-order valence-corrected chi connectivity index (χ4v) is 4.21. The number of thiocarbonyl (C=S) groups is 1. The van der Waals surface area contributed by atoms with E-state index in [2.05, 4.69) is 26.7 Å². The molecule has 0 bridgehead atoms. The Morgan fingerprint density at radius 2 is 1.74 bits per heavy atom. The summed E-state index contributed by atoms with van der Waals surface area (Å²) in [5, 5.41) is 4.31. The van der Waals surface area contributed by atoms with Gasteiger partial charge in [0.25, 0.3) is 11.8 Å². The monoisotopic (exact) mass is 574 g/mol. The van der Waals surface area contributed by atoms with Gasteiger partial charge >= 0.3 is 0 Å². The zero-order valence-corrected chi connectivity index (χ0v) is 21.0. The molecule has 1 saturated heterocycles. The van der Waals surface area contributed by atoms with Gasteiger partial charge < -0.3 is 5.32 Å². The van der Waals surface area contributed by atoms with E-state index < -0.39 is 29.6 Å². The fourth-order valence-electron chi connectivity index (χ4n) is 3.45. The Kier molecular flexibility index (Phi) is 7.44. The molecule has 3 aromatic rings. The summed E-state index contributed by atoms with van der Waals surface area (Å²) in [6.45, 7) is 0. The van der Waals surface area contributed by atoms with Crippen LogP contribution in [0.2, 0.25) is 5.02 Å². The number of amides is 3. The Morgan fingerprint density at radius 3 is 2.40 bits per heavy atom. The summed E-state index contributed by atoms with van der Waals surface area (Å²) in [6.07, 6.45) is -0.303. The number of nitrogens with one attached hydrogen (secondary N) is 2. The number of carbonyl (C=O) groups excluding carboxylic acids is 3. The van der Waals surface area contributed by atoms with Crippen LogP contribution >= 0.6 is 39.7 Å². The van der Waals surface area contributed by atoms with Gasteiger partial charge in [-0.15, -0.1) is 0 Å². The topological polar surface area (TPSA) is 81.8 Å². The SMILES string of the molecule is O=C(CC1C(=O)N(c2ccc(Cl)cc2)C(=S)N1NC(=O)c1cccc(F)c1)Nc1ccc(Br)cc1. The lowest BCUT2D eigenvalue weighted by Gasteiger charge is -2.24. The van der Waals surface area contributed by atoms with E-state index in [9.17, 15) is 18.8 Å². The van der Waals surface area contributed by atoms with Crippen molar-refractivity contribution >= 4 is 74.0 Å². The minimum absolute atomic E-state index is 0.0308. The molecule has 3 aromatic carbocycles. The van der Waals surface area contributed by atoms with Crippen molar-refractivity contribution in [1.29, 1.82) is 0 Å². The van der Waals surface area contributed by atoms with Gasteiger partial charge in [0.1, 0.15) is 11.9 Å². The maximum Gasteiger partial charge on any atom is 0.269 e. The molecule has 4 rings (SSSR count). The van der Waals surface area contributed by atoms with E-state index >= 15 is 0 Å². The predicted molar refractivity (Wildman–Crippen MR) is 138 cm³/mol. The second-order valence-electron chi connectivity index (χ2n) is 7.53. The van der Waals surface area contributed by atoms with Crippen LogP contribution in [-0.4, -0.2) is 33.9 Å². The molecule has 1 aliphatic heterocycles. The van der Waals surface area contributed by atoms with Crippen molar-refractivity contribution in [3.05, 3.63) is 93.7 Å². The quantitative estimate of drug-likeness (QED) is 0.408. The lowest BCUT2D eigenvalue weighted by atomic mass is 10.1. The van der Waals surface area contributed by atoms with Crippen molar-refractivity contribution in [3.63, 3.8) is 0 Å². The third-order valence-electron chi connectivity index (χ3n) is 5.11. The van der Waals surface area contributed by atoms with Crippen molar-refractivity contribution in [3.8, 4) is 0 Å². The highest BCUT2D eigenvalue weighted by molar-refractivity contribution is 9.10. The van der Waals surface area contributed by atoms with E-state index in [0.717, 1.165) is 15.5 Å². The van der Waals surface area contributed by atoms with E-state index in [4.69, 9.17) is 23.8 Å². The van der Waals surface area contributed by atoms with Gasteiger partial charge in [0, 0.05) is 20.7 Å². The summed E-state index contributed by atoms with van der Waals surface area (Å²) in [7, 11) is 0. The van der Waals surface area contributed by atoms with Crippen LogP contribution in [0, 0.1) is 5.82 Å². The number of hydrogen-bond donors (Lipinski definition) is 2. The molecule has 1 unspecified atom stereocenters. The molecule has 0 saturated carbocycles. The van der Waals surface area contributed by atoms with Crippen molar-refractivity contribution < 1.29 is 18.8 Å².